The highest BCUT2D eigenvalue weighted by atomic mass is 16.1. The van der Waals surface area contributed by atoms with Crippen LogP contribution in [0.1, 0.15) is 10.4 Å². The molecule has 1 aromatic heterocycles. The molecule has 0 saturated carbocycles. The van der Waals surface area contributed by atoms with E-state index in [1.807, 2.05) is 0 Å². The molecule has 1 heterocycles. The van der Waals surface area contributed by atoms with Gasteiger partial charge in [-0.3, -0.25) is 9.59 Å². The number of hydrogen-bond acceptors (Lipinski definition) is 3. The summed E-state index contributed by atoms with van der Waals surface area (Å²) in [6, 6.07) is 1.16. The van der Waals surface area contributed by atoms with Crippen LogP contribution in [0.25, 0.3) is 0 Å². The Balaban J connectivity index is 3.35. The van der Waals surface area contributed by atoms with Crippen molar-refractivity contribution in [1.82, 2.24) is 4.98 Å². The number of aromatic amines is 1. The van der Waals surface area contributed by atoms with Crippen molar-refractivity contribution in [3.05, 3.63) is 28.2 Å². The van der Waals surface area contributed by atoms with Crippen LogP contribution in [0.4, 0.5) is 5.69 Å². The fourth-order valence-electron chi connectivity index (χ4n) is 0.601. The molecular weight excluding hydrogens is 132 g/mol. The van der Waals surface area contributed by atoms with Crippen molar-refractivity contribution in [2.24, 2.45) is 0 Å². The zero-order valence-corrected chi connectivity index (χ0v) is 5.13. The summed E-state index contributed by atoms with van der Waals surface area (Å²) in [4.78, 5) is 23.0. The van der Waals surface area contributed by atoms with Gasteiger partial charge < -0.3 is 10.7 Å². The van der Waals surface area contributed by atoms with Gasteiger partial charge in [0.25, 0.3) is 0 Å². The van der Waals surface area contributed by atoms with Gasteiger partial charge in [0.2, 0.25) is 5.56 Å². The third-order valence-corrected chi connectivity index (χ3v) is 1.12. The number of H-pyrrole nitrogens is 1. The summed E-state index contributed by atoms with van der Waals surface area (Å²) in [5.41, 5.74) is 5.49. The Morgan fingerprint density at radius 3 is 2.80 bits per heavy atom. The Morgan fingerprint density at radius 1 is 1.60 bits per heavy atom. The minimum absolute atomic E-state index is 0.226. The number of aromatic nitrogens is 1. The second-order valence-corrected chi connectivity index (χ2v) is 1.83. The van der Waals surface area contributed by atoms with Crippen molar-refractivity contribution < 1.29 is 4.79 Å². The zero-order valence-electron chi connectivity index (χ0n) is 5.13. The maximum Gasteiger partial charge on any atom is 0.248 e. The van der Waals surface area contributed by atoms with Gasteiger partial charge in [0.05, 0.1) is 5.69 Å². The standard InChI is InChI=1S/C6H6N2O2/c7-5-2-8-6(10)1-4(5)3-9/h1-3H,7H2,(H,8,10). The number of anilines is 1. The number of nitrogens with two attached hydrogens (primary N) is 1. The number of hydrogen-bond donors (Lipinski definition) is 2. The highest BCUT2D eigenvalue weighted by Gasteiger charge is 1.95. The third kappa shape index (κ3) is 1.05. The van der Waals surface area contributed by atoms with E-state index >= 15 is 0 Å². The Labute approximate surface area is 56.7 Å². The van der Waals surface area contributed by atoms with Crippen molar-refractivity contribution in [3.63, 3.8) is 0 Å². The largest absolute Gasteiger partial charge is 0.397 e. The molecular formula is C6H6N2O2. The minimum atomic E-state index is -0.323. The van der Waals surface area contributed by atoms with Gasteiger partial charge in [-0.05, 0) is 0 Å². The van der Waals surface area contributed by atoms with Crippen LogP contribution in [0, 0.1) is 0 Å². The van der Waals surface area contributed by atoms with Crippen molar-refractivity contribution in [3.8, 4) is 0 Å². The van der Waals surface area contributed by atoms with Gasteiger partial charge in [-0.25, -0.2) is 0 Å². The molecule has 0 spiro atoms. The number of pyridine rings is 1. The van der Waals surface area contributed by atoms with Crippen LogP contribution in [0.3, 0.4) is 0 Å². The molecule has 0 saturated heterocycles. The first-order chi connectivity index (χ1) is 4.74. The van der Waals surface area contributed by atoms with Crippen LogP contribution >= 0.6 is 0 Å². The highest BCUT2D eigenvalue weighted by Crippen LogP contribution is 2.00. The number of rotatable bonds is 1. The lowest BCUT2D eigenvalue weighted by atomic mass is 10.2. The Kier molecular flexibility index (Phi) is 1.53. The van der Waals surface area contributed by atoms with E-state index in [1.165, 1.54) is 6.20 Å². The number of nitrogen functional groups attached to an aromatic ring is 1. The summed E-state index contributed by atoms with van der Waals surface area (Å²) in [6.45, 7) is 0. The van der Waals surface area contributed by atoms with Gasteiger partial charge >= 0.3 is 0 Å². The van der Waals surface area contributed by atoms with E-state index in [9.17, 15) is 9.59 Å². The summed E-state index contributed by atoms with van der Waals surface area (Å²) in [6.07, 6.45) is 1.84. The van der Waals surface area contributed by atoms with E-state index in [0.717, 1.165) is 6.07 Å². The average molecular weight is 138 g/mol. The Bertz CT molecular complexity index is 303. The first-order valence-corrected chi connectivity index (χ1v) is 2.67. The van der Waals surface area contributed by atoms with E-state index in [1.54, 1.807) is 0 Å². The minimum Gasteiger partial charge on any atom is -0.397 e. The molecule has 0 aliphatic rings. The van der Waals surface area contributed by atoms with Crippen molar-refractivity contribution in [1.29, 1.82) is 0 Å². The molecule has 0 atom stereocenters. The van der Waals surface area contributed by atoms with E-state index in [2.05, 4.69) is 4.98 Å². The maximum absolute atomic E-state index is 10.5. The summed E-state index contributed by atoms with van der Waals surface area (Å²) in [7, 11) is 0. The Hall–Kier alpha value is -1.58. The predicted octanol–water partition coefficient (Wildman–Crippen LogP) is -0.230. The normalized spacial score (nSPS) is 9.20. The quantitative estimate of drug-likeness (QED) is 0.526. The second kappa shape index (κ2) is 2.34. The smallest absolute Gasteiger partial charge is 0.248 e. The van der Waals surface area contributed by atoms with E-state index in [4.69, 9.17) is 5.73 Å². The third-order valence-electron chi connectivity index (χ3n) is 1.12. The van der Waals surface area contributed by atoms with E-state index < -0.39 is 0 Å². The van der Waals surface area contributed by atoms with Gasteiger partial charge in [0, 0.05) is 17.8 Å². The molecule has 0 aliphatic carbocycles. The van der Waals surface area contributed by atoms with Gasteiger partial charge in [-0.15, -0.1) is 0 Å². The molecule has 52 valence electrons. The molecule has 0 fully saturated rings. The summed E-state index contributed by atoms with van der Waals surface area (Å²) < 4.78 is 0. The number of carbonyl (C=O) groups is 1. The van der Waals surface area contributed by atoms with Crippen LogP contribution in [-0.4, -0.2) is 11.3 Å². The molecule has 0 aliphatic heterocycles. The van der Waals surface area contributed by atoms with E-state index in [0.29, 0.717) is 6.29 Å². The number of carbonyl (C=O) groups excluding carboxylic acids is 1. The van der Waals surface area contributed by atoms with Crippen LogP contribution in [0.5, 0.6) is 0 Å². The maximum atomic E-state index is 10.5. The summed E-state index contributed by atoms with van der Waals surface area (Å²) in [5, 5.41) is 0. The lowest BCUT2D eigenvalue weighted by Crippen LogP contribution is -2.07. The van der Waals surface area contributed by atoms with Gasteiger partial charge in [0.15, 0.2) is 6.29 Å². The lowest BCUT2D eigenvalue weighted by Gasteiger charge is -1.92. The molecule has 1 aromatic rings. The van der Waals surface area contributed by atoms with E-state index in [-0.39, 0.29) is 16.8 Å². The average Bonchev–Trinajstić information content (AvgIpc) is 1.94. The molecule has 0 unspecified atom stereocenters. The fraction of sp³-hybridized carbons (Fsp3) is 0. The summed E-state index contributed by atoms with van der Waals surface area (Å²) in [5.74, 6) is 0. The zero-order chi connectivity index (χ0) is 7.56. The second-order valence-electron chi connectivity index (χ2n) is 1.83. The SMILES string of the molecule is Nc1c[nH]c(=O)cc1C=O. The van der Waals surface area contributed by atoms with Crippen molar-refractivity contribution in [2.45, 2.75) is 0 Å². The number of nitrogens with one attached hydrogen (secondary N) is 1. The van der Waals surface area contributed by atoms with Crippen molar-refractivity contribution >= 4 is 12.0 Å². The molecule has 0 amide bonds. The molecule has 0 bridgehead atoms. The van der Waals surface area contributed by atoms with Gasteiger partial charge in [-0.1, -0.05) is 0 Å². The predicted molar refractivity (Wildman–Crippen MR) is 36.9 cm³/mol. The molecule has 0 aromatic carbocycles. The monoisotopic (exact) mass is 138 g/mol. The summed E-state index contributed by atoms with van der Waals surface area (Å²) >= 11 is 0. The molecule has 1 rings (SSSR count). The first kappa shape index (κ1) is 6.54. The molecule has 10 heavy (non-hydrogen) atoms. The molecule has 4 nitrogen and oxygen atoms in total. The van der Waals surface area contributed by atoms with Crippen molar-refractivity contribution in [2.75, 3.05) is 5.73 Å². The first-order valence-electron chi connectivity index (χ1n) is 2.67. The number of aldehydes is 1. The molecule has 4 heteroatoms. The van der Waals surface area contributed by atoms with Crippen LogP contribution in [0.15, 0.2) is 17.1 Å². The van der Waals surface area contributed by atoms with Crippen LogP contribution in [-0.2, 0) is 0 Å². The van der Waals surface area contributed by atoms with Gasteiger partial charge in [0.1, 0.15) is 0 Å². The fourth-order valence-corrected chi connectivity index (χ4v) is 0.601. The van der Waals surface area contributed by atoms with Crippen LogP contribution < -0.4 is 11.3 Å². The topological polar surface area (TPSA) is 76.0 Å². The van der Waals surface area contributed by atoms with Crippen LogP contribution in [0.2, 0.25) is 0 Å². The Morgan fingerprint density at radius 2 is 2.30 bits per heavy atom. The molecule has 3 N–H and O–H groups in total. The molecule has 0 radical (unpaired) electrons. The van der Waals surface area contributed by atoms with Gasteiger partial charge in [-0.2, -0.15) is 0 Å². The highest BCUT2D eigenvalue weighted by molar-refractivity contribution is 5.82. The lowest BCUT2D eigenvalue weighted by molar-refractivity contribution is 0.112.